The number of aliphatic hydroxyl groups is 5. The molecule has 0 aromatic rings. The van der Waals surface area contributed by atoms with Crippen molar-refractivity contribution in [1.29, 1.82) is 0 Å². The van der Waals surface area contributed by atoms with E-state index >= 15 is 0 Å². The number of hydrogen-bond acceptors (Lipinski definition) is 10. The van der Waals surface area contributed by atoms with Crippen molar-refractivity contribution in [3.63, 3.8) is 0 Å². The van der Waals surface area contributed by atoms with E-state index in [-0.39, 0.29) is 18.5 Å². The molecule has 0 aliphatic carbocycles. The highest BCUT2D eigenvalue weighted by Crippen LogP contribution is 2.23. The van der Waals surface area contributed by atoms with Crippen molar-refractivity contribution >= 4 is 11.9 Å². The predicted octanol–water partition coefficient (Wildman–Crippen LogP) is 12.5. The van der Waals surface area contributed by atoms with Crippen LogP contribution in [0.1, 0.15) is 245 Å². The van der Waals surface area contributed by atoms with E-state index in [4.69, 9.17) is 14.2 Å². The summed E-state index contributed by atoms with van der Waals surface area (Å²) in [4.78, 5) is 25.0. The highest BCUT2D eigenvalue weighted by atomic mass is 16.7. The third-order valence-corrected chi connectivity index (χ3v) is 13.2. The van der Waals surface area contributed by atoms with Gasteiger partial charge in [0.25, 0.3) is 0 Å². The summed E-state index contributed by atoms with van der Waals surface area (Å²) in [5, 5.41) is 54.1. The van der Waals surface area contributed by atoms with Gasteiger partial charge in [0, 0.05) is 12.8 Å². The Bertz CT molecular complexity index is 1290. The van der Waals surface area contributed by atoms with Gasteiger partial charge in [0.05, 0.1) is 32.0 Å². The number of nitrogens with one attached hydrogen (secondary N) is 1. The van der Waals surface area contributed by atoms with Crippen LogP contribution in [-0.2, 0) is 23.8 Å². The maximum atomic E-state index is 13.0. The van der Waals surface area contributed by atoms with Crippen LogP contribution in [0.3, 0.4) is 0 Å². The zero-order valence-corrected chi connectivity index (χ0v) is 44.0. The molecular weight excluding hydrogens is 871 g/mol. The van der Waals surface area contributed by atoms with Crippen LogP contribution >= 0.6 is 0 Å². The minimum Gasteiger partial charge on any atom is -0.466 e. The van der Waals surface area contributed by atoms with Gasteiger partial charge in [-0.05, 0) is 77.6 Å². The Morgan fingerprint density at radius 3 is 1.52 bits per heavy atom. The van der Waals surface area contributed by atoms with Gasteiger partial charge in [-0.1, -0.05) is 203 Å². The van der Waals surface area contributed by atoms with Crippen LogP contribution in [0.4, 0.5) is 0 Å². The fourth-order valence-corrected chi connectivity index (χ4v) is 8.70. The Morgan fingerprint density at radius 2 is 1.00 bits per heavy atom. The summed E-state index contributed by atoms with van der Waals surface area (Å²) in [6.07, 6.45) is 49.5. The summed E-state index contributed by atoms with van der Waals surface area (Å²) in [7, 11) is 0. The third-order valence-electron chi connectivity index (χ3n) is 13.2. The summed E-state index contributed by atoms with van der Waals surface area (Å²) in [5.74, 6) is -0.218. The molecular formula is C58H105NO10. The molecule has 1 rings (SSSR count). The normalized spacial score (nSPS) is 19.7. The lowest BCUT2D eigenvalue weighted by Gasteiger charge is -2.40. The largest absolute Gasteiger partial charge is 0.466 e. The third kappa shape index (κ3) is 38.0. The van der Waals surface area contributed by atoms with E-state index in [1.165, 1.54) is 135 Å². The van der Waals surface area contributed by atoms with Gasteiger partial charge < -0.3 is 45.1 Å². The molecule has 0 radical (unpaired) electrons. The first-order valence-corrected chi connectivity index (χ1v) is 28.4. The first-order chi connectivity index (χ1) is 33.7. The fourth-order valence-electron chi connectivity index (χ4n) is 8.70. The molecule has 0 saturated carbocycles. The average molecular weight is 976 g/mol. The zero-order chi connectivity index (χ0) is 50.3. The summed E-state index contributed by atoms with van der Waals surface area (Å²) < 4.78 is 16.6. The lowest BCUT2D eigenvalue weighted by atomic mass is 9.99. The van der Waals surface area contributed by atoms with Crippen LogP contribution in [0.25, 0.3) is 0 Å². The summed E-state index contributed by atoms with van der Waals surface area (Å²) >= 11 is 0. The Balaban J connectivity index is 2.06. The predicted molar refractivity (Wildman–Crippen MR) is 283 cm³/mol. The molecule has 1 amide bonds. The molecule has 69 heavy (non-hydrogen) atoms. The van der Waals surface area contributed by atoms with Gasteiger partial charge in [0.2, 0.25) is 5.91 Å². The molecule has 7 atom stereocenters. The van der Waals surface area contributed by atoms with Gasteiger partial charge in [-0.2, -0.15) is 0 Å². The van der Waals surface area contributed by atoms with Crippen molar-refractivity contribution in [1.82, 2.24) is 5.32 Å². The van der Waals surface area contributed by atoms with Crippen molar-refractivity contribution in [3.05, 3.63) is 48.6 Å². The van der Waals surface area contributed by atoms with E-state index in [0.29, 0.717) is 25.9 Å². The molecule has 6 N–H and O–H groups in total. The van der Waals surface area contributed by atoms with Gasteiger partial charge >= 0.3 is 5.97 Å². The van der Waals surface area contributed by atoms with Crippen LogP contribution in [0.15, 0.2) is 48.6 Å². The molecule has 0 spiro atoms. The second-order valence-electron chi connectivity index (χ2n) is 19.6. The highest BCUT2D eigenvalue weighted by molar-refractivity contribution is 5.76. The molecule has 0 aromatic heterocycles. The van der Waals surface area contributed by atoms with Crippen molar-refractivity contribution in [2.45, 2.75) is 288 Å². The van der Waals surface area contributed by atoms with Gasteiger partial charge in [-0.15, -0.1) is 0 Å². The van der Waals surface area contributed by atoms with E-state index in [2.05, 4.69) is 42.6 Å². The van der Waals surface area contributed by atoms with Crippen LogP contribution in [-0.4, -0.2) is 100 Å². The quantitative estimate of drug-likeness (QED) is 0.0196. The molecule has 1 saturated heterocycles. The monoisotopic (exact) mass is 976 g/mol. The molecule has 0 bridgehead atoms. The SMILES string of the molecule is C/C=C/CC/C=C/CC/C=C/C(O)C(COC1OC(CO)C(O)C(O)C1O)NC(=O)CCCCCCCCC/C=C\CCCCCCCCCCCOC(=O)CCCCCCCCCCCCCC. The second-order valence-corrected chi connectivity index (χ2v) is 19.6. The van der Waals surface area contributed by atoms with Crippen molar-refractivity contribution in [3.8, 4) is 0 Å². The highest BCUT2D eigenvalue weighted by Gasteiger charge is 2.44. The number of ether oxygens (including phenoxy) is 3. The number of aliphatic hydroxyl groups excluding tert-OH is 5. The number of carbonyl (C=O) groups excluding carboxylic acids is 2. The lowest BCUT2D eigenvalue weighted by Crippen LogP contribution is -2.60. The Kier molecular flexibility index (Phi) is 44.9. The van der Waals surface area contributed by atoms with Gasteiger partial charge in [-0.25, -0.2) is 0 Å². The van der Waals surface area contributed by atoms with Crippen molar-refractivity contribution in [2.24, 2.45) is 0 Å². The van der Waals surface area contributed by atoms with Gasteiger partial charge in [-0.3, -0.25) is 9.59 Å². The topological polar surface area (TPSA) is 175 Å². The van der Waals surface area contributed by atoms with Crippen LogP contribution < -0.4 is 5.32 Å². The smallest absolute Gasteiger partial charge is 0.305 e. The van der Waals surface area contributed by atoms with Gasteiger partial charge in [0.1, 0.15) is 24.4 Å². The molecule has 11 heteroatoms. The minimum absolute atomic E-state index is 0.00884. The van der Waals surface area contributed by atoms with E-state index < -0.39 is 49.5 Å². The molecule has 1 aliphatic rings. The number of rotatable bonds is 48. The maximum absolute atomic E-state index is 13.0. The zero-order valence-electron chi connectivity index (χ0n) is 44.0. The number of esters is 1. The second kappa shape index (κ2) is 47.9. The van der Waals surface area contributed by atoms with Gasteiger partial charge in [0.15, 0.2) is 6.29 Å². The number of unbranched alkanes of at least 4 members (excludes halogenated alkanes) is 29. The molecule has 402 valence electrons. The fraction of sp³-hybridized carbons (Fsp3) is 0.828. The summed E-state index contributed by atoms with van der Waals surface area (Å²) in [6, 6.07) is -0.840. The Hall–Kier alpha value is -2.38. The summed E-state index contributed by atoms with van der Waals surface area (Å²) in [5.41, 5.74) is 0. The molecule has 1 aliphatic heterocycles. The first-order valence-electron chi connectivity index (χ1n) is 28.4. The minimum atomic E-state index is -1.58. The van der Waals surface area contributed by atoms with E-state index in [1.807, 2.05) is 19.1 Å². The average Bonchev–Trinajstić information content (AvgIpc) is 3.34. The molecule has 1 fully saturated rings. The van der Waals surface area contributed by atoms with E-state index in [1.54, 1.807) is 6.08 Å². The van der Waals surface area contributed by atoms with Crippen LogP contribution in [0.2, 0.25) is 0 Å². The maximum Gasteiger partial charge on any atom is 0.305 e. The number of amides is 1. The Labute approximate surface area is 421 Å². The standard InChI is InChI=1S/C58H105NO10/c1-3-5-7-9-11-13-14-26-30-34-38-42-46-54(63)67-47-43-39-35-31-27-24-22-20-18-16-15-17-19-21-23-25-29-33-37-41-45-53(62)59-50(51(61)44-40-36-32-28-12-10-8-6-4-2)49-68-58-57(66)56(65)55(64)52(48-60)69-58/h4,6,12,15,17,28,40,44,50-52,55-58,60-61,64-66H,3,5,7-11,13-14,16,18-27,29-39,41-43,45-49H2,1-2H3,(H,59,62)/b6-4+,17-15-,28-12+,44-40+. The van der Waals surface area contributed by atoms with Crippen LogP contribution in [0, 0.1) is 0 Å². The lowest BCUT2D eigenvalue weighted by molar-refractivity contribution is -0.302. The number of carbonyl (C=O) groups is 2. The van der Waals surface area contributed by atoms with Crippen LogP contribution in [0.5, 0.6) is 0 Å². The molecule has 0 aromatic carbocycles. The first kappa shape index (κ1) is 64.6. The summed E-state index contributed by atoms with van der Waals surface area (Å²) in [6.45, 7) is 4.06. The number of allylic oxidation sites excluding steroid dienone is 7. The molecule has 7 unspecified atom stereocenters. The molecule has 1 heterocycles. The van der Waals surface area contributed by atoms with Crippen molar-refractivity contribution in [2.75, 3.05) is 19.8 Å². The Morgan fingerprint density at radius 1 is 0.551 bits per heavy atom. The van der Waals surface area contributed by atoms with E-state index in [9.17, 15) is 35.1 Å². The van der Waals surface area contributed by atoms with E-state index in [0.717, 1.165) is 77.0 Å². The van der Waals surface area contributed by atoms with Crippen molar-refractivity contribution < 1.29 is 49.3 Å². The number of hydrogen-bond donors (Lipinski definition) is 6. The molecule has 11 nitrogen and oxygen atoms in total.